The van der Waals surface area contributed by atoms with Gasteiger partial charge in [0.1, 0.15) is 0 Å². The first-order chi connectivity index (χ1) is 9.35. The van der Waals surface area contributed by atoms with Crippen LogP contribution < -0.4 is 5.32 Å². The van der Waals surface area contributed by atoms with Gasteiger partial charge in [0.2, 0.25) is 0 Å². The molecule has 1 heteroatoms. The van der Waals surface area contributed by atoms with E-state index >= 15 is 0 Å². The second kappa shape index (κ2) is 7.69. The summed E-state index contributed by atoms with van der Waals surface area (Å²) in [5.41, 5.74) is 3.18. The quantitative estimate of drug-likeness (QED) is 0.767. The molecule has 0 radical (unpaired) electrons. The normalized spacial score (nSPS) is 20.0. The average molecular weight is 259 g/mol. The lowest BCUT2D eigenvalue weighted by atomic mass is 9.78. The Morgan fingerprint density at radius 2 is 1.95 bits per heavy atom. The average Bonchev–Trinajstić information content (AvgIpc) is 2.47. The van der Waals surface area contributed by atoms with Crippen molar-refractivity contribution < 1.29 is 0 Å². The molecule has 2 atom stereocenters. The molecule has 2 rings (SSSR count). The molecule has 1 aliphatic rings. The van der Waals surface area contributed by atoms with Crippen LogP contribution in [-0.2, 0) is 12.8 Å². The van der Waals surface area contributed by atoms with Crippen molar-refractivity contribution in [2.24, 2.45) is 5.92 Å². The molecule has 0 saturated carbocycles. The first kappa shape index (κ1) is 14.6. The Labute approximate surface area is 118 Å². The van der Waals surface area contributed by atoms with E-state index in [4.69, 9.17) is 0 Å². The Bertz CT molecular complexity index is 364. The van der Waals surface area contributed by atoms with Crippen molar-refractivity contribution in [2.45, 2.75) is 64.8 Å². The number of hydrogen-bond donors (Lipinski definition) is 1. The highest BCUT2D eigenvalue weighted by molar-refractivity contribution is 5.30. The van der Waals surface area contributed by atoms with Crippen molar-refractivity contribution in [1.82, 2.24) is 5.32 Å². The molecule has 0 aromatic heterocycles. The van der Waals surface area contributed by atoms with E-state index in [2.05, 4.69) is 43.4 Å². The largest absolute Gasteiger partial charge is 0.314 e. The second-order valence-electron chi connectivity index (χ2n) is 5.97. The van der Waals surface area contributed by atoms with E-state index in [1.54, 1.807) is 11.1 Å². The summed E-state index contributed by atoms with van der Waals surface area (Å²) in [7, 11) is 0. The van der Waals surface area contributed by atoms with Crippen LogP contribution in [0.2, 0.25) is 0 Å². The number of benzene rings is 1. The Balaban J connectivity index is 1.98. The molecule has 0 bridgehead atoms. The first-order valence-electron chi connectivity index (χ1n) is 8.15. The van der Waals surface area contributed by atoms with Crippen molar-refractivity contribution in [3.8, 4) is 0 Å². The fraction of sp³-hybridized carbons (Fsp3) is 0.667. The van der Waals surface area contributed by atoms with Gasteiger partial charge in [0.15, 0.2) is 0 Å². The zero-order chi connectivity index (χ0) is 13.5. The Morgan fingerprint density at radius 1 is 1.16 bits per heavy atom. The summed E-state index contributed by atoms with van der Waals surface area (Å²) >= 11 is 0. The van der Waals surface area contributed by atoms with Gasteiger partial charge in [0, 0.05) is 6.04 Å². The van der Waals surface area contributed by atoms with Gasteiger partial charge in [-0.05, 0) is 55.7 Å². The van der Waals surface area contributed by atoms with Gasteiger partial charge in [-0.2, -0.15) is 0 Å². The zero-order valence-electron chi connectivity index (χ0n) is 12.6. The maximum atomic E-state index is 3.80. The number of hydrogen-bond acceptors (Lipinski definition) is 1. The zero-order valence-corrected chi connectivity index (χ0v) is 12.6. The third kappa shape index (κ3) is 4.07. The van der Waals surface area contributed by atoms with E-state index in [0.717, 1.165) is 12.0 Å². The summed E-state index contributed by atoms with van der Waals surface area (Å²) in [6, 6.07) is 9.75. The van der Waals surface area contributed by atoms with Crippen LogP contribution in [0.4, 0.5) is 0 Å². The van der Waals surface area contributed by atoms with Gasteiger partial charge in [-0.15, -0.1) is 0 Å². The Hall–Kier alpha value is -0.820. The van der Waals surface area contributed by atoms with E-state index < -0.39 is 0 Å². The van der Waals surface area contributed by atoms with Crippen molar-refractivity contribution in [2.75, 3.05) is 6.54 Å². The van der Waals surface area contributed by atoms with E-state index in [0.29, 0.717) is 0 Å². The molecule has 1 aliphatic carbocycles. The third-order valence-electron chi connectivity index (χ3n) is 4.48. The van der Waals surface area contributed by atoms with Crippen LogP contribution in [0.1, 0.15) is 57.1 Å². The smallest absolute Gasteiger partial charge is 0.00986 e. The van der Waals surface area contributed by atoms with E-state index in [1.165, 1.54) is 51.5 Å². The van der Waals surface area contributed by atoms with Crippen LogP contribution >= 0.6 is 0 Å². The molecule has 19 heavy (non-hydrogen) atoms. The third-order valence-corrected chi connectivity index (χ3v) is 4.48. The molecular weight excluding hydrogens is 230 g/mol. The highest BCUT2D eigenvalue weighted by Gasteiger charge is 2.25. The summed E-state index contributed by atoms with van der Waals surface area (Å²) < 4.78 is 0. The number of fused-ring (bicyclic) bond motifs is 1. The number of aryl methyl sites for hydroxylation is 1. The minimum absolute atomic E-state index is 0.730. The van der Waals surface area contributed by atoms with Crippen molar-refractivity contribution in [3.63, 3.8) is 0 Å². The highest BCUT2D eigenvalue weighted by atomic mass is 14.9. The van der Waals surface area contributed by atoms with Gasteiger partial charge < -0.3 is 5.32 Å². The molecule has 2 unspecified atom stereocenters. The molecule has 0 fully saturated rings. The lowest BCUT2D eigenvalue weighted by Gasteiger charge is -2.32. The molecular formula is C18H29N. The maximum absolute atomic E-state index is 3.80. The minimum atomic E-state index is 0.730. The minimum Gasteiger partial charge on any atom is -0.314 e. The monoisotopic (exact) mass is 259 g/mol. The van der Waals surface area contributed by atoms with Crippen LogP contribution in [-0.4, -0.2) is 12.6 Å². The van der Waals surface area contributed by atoms with E-state index in [1.807, 2.05) is 0 Å². The SMILES string of the molecule is CCCCC(NCCC)C1CCc2ccccc2C1. The Kier molecular flexibility index (Phi) is 5.91. The van der Waals surface area contributed by atoms with Crippen molar-refractivity contribution >= 4 is 0 Å². The molecule has 0 heterocycles. The summed E-state index contributed by atoms with van der Waals surface area (Å²) in [4.78, 5) is 0. The van der Waals surface area contributed by atoms with Gasteiger partial charge in [0.05, 0.1) is 0 Å². The van der Waals surface area contributed by atoms with Gasteiger partial charge in [-0.1, -0.05) is 51.0 Å². The van der Waals surface area contributed by atoms with Crippen LogP contribution in [0.3, 0.4) is 0 Å². The van der Waals surface area contributed by atoms with Gasteiger partial charge >= 0.3 is 0 Å². The number of unbranched alkanes of at least 4 members (excludes halogenated alkanes) is 1. The lowest BCUT2D eigenvalue weighted by molar-refractivity contribution is 0.300. The molecule has 0 spiro atoms. The summed E-state index contributed by atoms with van der Waals surface area (Å²) in [6.07, 6.45) is 9.18. The fourth-order valence-electron chi connectivity index (χ4n) is 3.33. The lowest BCUT2D eigenvalue weighted by Crippen LogP contribution is -2.39. The first-order valence-corrected chi connectivity index (χ1v) is 8.15. The van der Waals surface area contributed by atoms with Gasteiger partial charge in [-0.3, -0.25) is 0 Å². The van der Waals surface area contributed by atoms with Crippen molar-refractivity contribution in [3.05, 3.63) is 35.4 Å². The molecule has 0 aliphatic heterocycles. The number of rotatable bonds is 7. The number of nitrogens with one attached hydrogen (secondary N) is 1. The molecule has 1 aromatic rings. The topological polar surface area (TPSA) is 12.0 Å². The standard InChI is InChI=1S/C18H29N/c1-3-5-10-18(19-13-4-2)17-12-11-15-8-6-7-9-16(15)14-17/h6-9,17-19H,3-5,10-14H2,1-2H3. The van der Waals surface area contributed by atoms with Crippen molar-refractivity contribution in [1.29, 1.82) is 0 Å². The van der Waals surface area contributed by atoms with Gasteiger partial charge in [-0.25, -0.2) is 0 Å². The summed E-state index contributed by atoms with van der Waals surface area (Å²) in [5.74, 6) is 0.841. The molecule has 1 aromatic carbocycles. The molecule has 0 amide bonds. The molecule has 1 nitrogen and oxygen atoms in total. The molecule has 106 valence electrons. The van der Waals surface area contributed by atoms with Crippen LogP contribution in [0.15, 0.2) is 24.3 Å². The second-order valence-corrected chi connectivity index (χ2v) is 5.97. The summed E-state index contributed by atoms with van der Waals surface area (Å²) in [5, 5.41) is 3.80. The fourth-order valence-corrected chi connectivity index (χ4v) is 3.33. The highest BCUT2D eigenvalue weighted by Crippen LogP contribution is 2.29. The molecule has 0 saturated heterocycles. The van der Waals surface area contributed by atoms with E-state index in [9.17, 15) is 0 Å². The summed E-state index contributed by atoms with van der Waals surface area (Å²) in [6.45, 7) is 5.74. The molecule has 1 N–H and O–H groups in total. The van der Waals surface area contributed by atoms with Crippen LogP contribution in [0.5, 0.6) is 0 Å². The predicted octanol–water partition coefficient (Wildman–Crippen LogP) is 4.35. The Morgan fingerprint density at radius 3 is 2.68 bits per heavy atom. The maximum Gasteiger partial charge on any atom is 0.00986 e. The van der Waals surface area contributed by atoms with E-state index in [-0.39, 0.29) is 0 Å². The van der Waals surface area contributed by atoms with Crippen LogP contribution in [0.25, 0.3) is 0 Å². The predicted molar refractivity (Wildman–Crippen MR) is 83.6 cm³/mol. The van der Waals surface area contributed by atoms with Gasteiger partial charge in [0.25, 0.3) is 0 Å². The van der Waals surface area contributed by atoms with Crippen LogP contribution in [0, 0.1) is 5.92 Å².